The van der Waals surface area contributed by atoms with Gasteiger partial charge in [0.15, 0.2) is 5.69 Å². The fourth-order valence-electron chi connectivity index (χ4n) is 4.87. The second-order valence-electron chi connectivity index (χ2n) is 8.81. The third-order valence-corrected chi connectivity index (χ3v) is 7.07. The summed E-state index contributed by atoms with van der Waals surface area (Å²) >= 11 is 5.89. The van der Waals surface area contributed by atoms with Crippen molar-refractivity contribution in [1.82, 2.24) is 19.6 Å². The molecule has 0 unspecified atom stereocenters. The lowest BCUT2D eigenvalue weighted by Crippen LogP contribution is -2.49. The highest BCUT2D eigenvalue weighted by molar-refractivity contribution is 6.31. The molecule has 182 valence electrons. The van der Waals surface area contributed by atoms with E-state index in [1.54, 1.807) is 4.90 Å². The van der Waals surface area contributed by atoms with Crippen molar-refractivity contribution in [2.75, 3.05) is 37.6 Å². The number of halogens is 2. The number of anilines is 1. The highest BCUT2D eigenvalue weighted by Gasteiger charge is 2.33. The molecule has 0 aliphatic carbocycles. The monoisotopic (exact) mass is 495 g/mol. The number of rotatable bonds is 4. The van der Waals surface area contributed by atoms with Crippen molar-refractivity contribution in [3.05, 3.63) is 81.9 Å². The van der Waals surface area contributed by atoms with Gasteiger partial charge in [0.05, 0.1) is 11.6 Å². The molecule has 0 radical (unpaired) electrons. The Balaban J connectivity index is 1.34. The number of aromatic nitrogens is 2. The lowest BCUT2D eigenvalue weighted by Gasteiger charge is -2.36. The summed E-state index contributed by atoms with van der Waals surface area (Å²) in [5.41, 5.74) is 3.70. The van der Waals surface area contributed by atoms with Crippen LogP contribution in [0.1, 0.15) is 39.0 Å². The molecule has 1 aromatic heterocycles. The molecule has 1 fully saturated rings. The van der Waals surface area contributed by atoms with Crippen molar-refractivity contribution in [2.24, 2.45) is 0 Å². The van der Waals surface area contributed by atoms with Crippen LogP contribution in [0.2, 0.25) is 5.02 Å². The van der Waals surface area contributed by atoms with Gasteiger partial charge in [0.25, 0.3) is 11.8 Å². The van der Waals surface area contributed by atoms with Gasteiger partial charge in [-0.3, -0.25) is 14.3 Å². The number of piperazine rings is 1. The standard InChI is InChI=1S/C26H27ClFN5O2/c1-2-33-23-10-11-32(25(34)18-8-9-22(28)21(27)16-18)17-20(23)24(29-33)26(35)31-14-12-30(13-15-31)19-6-4-3-5-7-19/h3-9,16H,2,10-15,17H2,1H3. The first kappa shape index (κ1) is 23.4. The van der Waals surface area contributed by atoms with Gasteiger partial charge in [0.2, 0.25) is 0 Å². The molecule has 0 N–H and O–H groups in total. The lowest BCUT2D eigenvalue weighted by atomic mass is 10.0. The summed E-state index contributed by atoms with van der Waals surface area (Å²) in [4.78, 5) is 32.5. The smallest absolute Gasteiger partial charge is 0.274 e. The molecule has 7 nitrogen and oxygen atoms in total. The molecule has 3 heterocycles. The van der Waals surface area contributed by atoms with Gasteiger partial charge in [-0.1, -0.05) is 29.8 Å². The van der Waals surface area contributed by atoms with Crippen molar-refractivity contribution in [1.29, 1.82) is 0 Å². The van der Waals surface area contributed by atoms with Crippen LogP contribution < -0.4 is 4.90 Å². The van der Waals surface area contributed by atoms with Gasteiger partial charge in [-0.2, -0.15) is 5.10 Å². The summed E-state index contributed by atoms with van der Waals surface area (Å²) in [6.45, 7) is 6.16. The molecule has 2 aliphatic heterocycles. The summed E-state index contributed by atoms with van der Waals surface area (Å²) in [5, 5.41) is 4.57. The molecule has 0 spiro atoms. The van der Waals surface area contributed by atoms with E-state index in [2.05, 4.69) is 22.1 Å². The molecular formula is C26H27ClFN5O2. The van der Waals surface area contributed by atoms with Crippen molar-refractivity contribution in [3.8, 4) is 0 Å². The first-order valence-corrected chi connectivity index (χ1v) is 12.3. The van der Waals surface area contributed by atoms with Crippen molar-refractivity contribution >= 4 is 29.1 Å². The van der Waals surface area contributed by atoms with Gasteiger partial charge in [0, 0.05) is 68.2 Å². The maximum absolute atomic E-state index is 13.6. The first-order valence-electron chi connectivity index (χ1n) is 11.9. The van der Waals surface area contributed by atoms with E-state index in [4.69, 9.17) is 11.6 Å². The van der Waals surface area contributed by atoms with Crippen LogP contribution in [0.4, 0.5) is 10.1 Å². The Morgan fingerprint density at radius 3 is 2.40 bits per heavy atom. The zero-order chi connectivity index (χ0) is 24.5. The number of nitrogens with zero attached hydrogens (tertiary/aromatic N) is 5. The zero-order valence-electron chi connectivity index (χ0n) is 19.6. The summed E-state index contributed by atoms with van der Waals surface area (Å²) < 4.78 is 15.4. The molecule has 0 bridgehead atoms. The van der Waals surface area contributed by atoms with Gasteiger partial charge in [-0.15, -0.1) is 0 Å². The predicted molar refractivity (Wildman–Crippen MR) is 132 cm³/mol. The van der Waals surface area contributed by atoms with E-state index in [1.807, 2.05) is 34.7 Å². The second kappa shape index (κ2) is 9.70. The fourth-order valence-corrected chi connectivity index (χ4v) is 5.05. The zero-order valence-corrected chi connectivity index (χ0v) is 20.3. The third-order valence-electron chi connectivity index (χ3n) is 6.78. The third kappa shape index (κ3) is 4.50. The van der Waals surface area contributed by atoms with E-state index in [1.165, 1.54) is 18.2 Å². The largest absolute Gasteiger partial charge is 0.368 e. The highest BCUT2D eigenvalue weighted by atomic mass is 35.5. The molecule has 2 aliphatic rings. The Labute approximate surface area is 208 Å². The Bertz CT molecular complexity index is 1250. The number of para-hydroxylation sites is 1. The molecule has 2 amide bonds. The summed E-state index contributed by atoms with van der Waals surface area (Å²) in [6.07, 6.45) is 0.603. The Hall–Kier alpha value is -3.39. The lowest BCUT2D eigenvalue weighted by molar-refractivity contribution is 0.0709. The summed E-state index contributed by atoms with van der Waals surface area (Å²) in [6, 6.07) is 14.2. The van der Waals surface area contributed by atoms with E-state index in [-0.39, 0.29) is 23.4 Å². The van der Waals surface area contributed by atoms with Crippen LogP contribution in [-0.2, 0) is 19.5 Å². The van der Waals surface area contributed by atoms with Gasteiger partial charge in [-0.25, -0.2) is 4.39 Å². The molecule has 2 aromatic carbocycles. The minimum atomic E-state index is -0.561. The maximum atomic E-state index is 13.6. The molecule has 0 atom stereocenters. The van der Waals surface area contributed by atoms with Crippen molar-refractivity contribution in [2.45, 2.75) is 26.4 Å². The number of amides is 2. The van der Waals surface area contributed by atoms with Crippen molar-refractivity contribution in [3.63, 3.8) is 0 Å². The van der Waals surface area contributed by atoms with Crippen LogP contribution >= 0.6 is 11.6 Å². The normalized spacial score (nSPS) is 15.8. The van der Waals surface area contributed by atoms with E-state index >= 15 is 0 Å². The Morgan fingerprint density at radius 2 is 1.71 bits per heavy atom. The molecule has 0 saturated carbocycles. The van der Waals surface area contributed by atoms with E-state index in [0.717, 1.165) is 30.0 Å². The Morgan fingerprint density at radius 1 is 0.971 bits per heavy atom. The first-order chi connectivity index (χ1) is 17.0. The summed E-state index contributed by atoms with van der Waals surface area (Å²) in [7, 11) is 0. The minimum absolute atomic E-state index is 0.0853. The van der Waals surface area contributed by atoms with Crippen LogP contribution in [0.15, 0.2) is 48.5 Å². The minimum Gasteiger partial charge on any atom is -0.368 e. The van der Waals surface area contributed by atoms with Gasteiger partial charge in [0.1, 0.15) is 5.82 Å². The van der Waals surface area contributed by atoms with Crippen LogP contribution in [0.25, 0.3) is 0 Å². The van der Waals surface area contributed by atoms with E-state index in [0.29, 0.717) is 43.9 Å². The fraction of sp³-hybridized carbons (Fsp3) is 0.346. The number of hydrogen-bond acceptors (Lipinski definition) is 4. The number of fused-ring (bicyclic) bond motifs is 1. The SMILES string of the molecule is CCn1nc(C(=O)N2CCN(c3ccccc3)CC2)c2c1CCN(C(=O)c1ccc(F)c(Cl)c1)C2. The molecular weight excluding hydrogens is 469 g/mol. The molecule has 35 heavy (non-hydrogen) atoms. The average Bonchev–Trinajstić information content (AvgIpc) is 3.28. The van der Waals surface area contributed by atoms with Crippen LogP contribution in [0.5, 0.6) is 0 Å². The van der Waals surface area contributed by atoms with Crippen LogP contribution in [0, 0.1) is 5.82 Å². The van der Waals surface area contributed by atoms with Crippen LogP contribution in [-0.4, -0.2) is 64.1 Å². The average molecular weight is 496 g/mol. The van der Waals surface area contributed by atoms with E-state index < -0.39 is 5.82 Å². The van der Waals surface area contributed by atoms with Gasteiger partial charge < -0.3 is 14.7 Å². The van der Waals surface area contributed by atoms with Gasteiger partial charge >= 0.3 is 0 Å². The quantitative estimate of drug-likeness (QED) is 0.551. The number of benzene rings is 2. The number of carbonyl (C=O) groups excluding carboxylic acids is 2. The molecule has 1 saturated heterocycles. The number of hydrogen-bond donors (Lipinski definition) is 0. The number of aryl methyl sites for hydroxylation is 1. The maximum Gasteiger partial charge on any atom is 0.274 e. The van der Waals surface area contributed by atoms with Crippen molar-refractivity contribution < 1.29 is 14.0 Å². The van der Waals surface area contributed by atoms with E-state index in [9.17, 15) is 14.0 Å². The van der Waals surface area contributed by atoms with Crippen LogP contribution in [0.3, 0.4) is 0 Å². The van der Waals surface area contributed by atoms with Gasteiger partial charge in [-0.05, 0) is 37.3 Å². The second-order valence-corrected chi connectivity index (χ2v) is 9.22. The number of carbonyl (C=O) groups is 2. The summed E-state index contributed by atoms with van der Waals surface area (Å²) in [5.74, 6) is -0.898. The highest BCUT2D eigenvalue weighted by Crippen LogP contribution is 2.27. The Kier molecular flexibility index (Phi) is 6.47. The molecule has 9 heteroatoms. The molecule has 5 rings (SSSR count). The predicted octanol–water partition coefficient (Wildman–Crippen LogP) is 3.86. The molecule has 3 aromatic rings. The topological polar surface area (TPSA) is 61.7 Å².